The van der Waals surface area contributed by atoms with E-state index in [2.05, 4.69) is 5.32 Å². The van der Waals surface area contributed by atoms with Crippen molar-refractivity contribution in [2.24, 2.45) is 0 Å². The van der Waals surface area contributed by atoms with Gasteiger partial charge in [0.05, 0.1) is 5.56 Å². The summed E-state index contributed by atoms with van der Waals surface area (Å²) in [6, 6.07) is 4.14. The Bertz CT molecular complexity index is 415. The van der Waals surface area contributed by atoms with E-state index in [0.29, 0.717) is 6.54 Å². The first-order chi connectivity index (χ1) is 9.45. The molecule has 0 heterocycles. The number of aliphatic hydroxyl groups excluding tert-OH is 1. The van der Waals surface area contributed by atoms with Gasteiger partial charge in [-0.25, -0.2) is 0 Å². The quantitative estimate of drug-likeness (QED) is 0.758. The SMILES string of the molecule is O=C(NCCCCCCO)c1ccc(C(F)(F)F)cc1. The molecule has 0 aliphatic carbocycles. The Morgan fingerprint density at radius 1 is 1.05 bits per heavy atom. The molecule has 20 heavy (non-hydrogen) atoms. The molecule has 0 unspecified atom stereocenters. The van der Waals surface area contributed by atoms with E-state index >= 15 is 0 Å². The number of amides is 1. The highest BCUT2D eigenvalue weighted by molar-refractivity contribution is 5.94. The van der Waals surface area contributed by atoms with Crippen LogP contribution in [0, 0.1) is 0 Å². The number of aliphatic hydroxyl groups is 1. The summed E-state index contributed by atoms with van der Waals surface area (Å²) in [6.07, 6.45) is -1.07. The molecule has 0 aliphatic heterocycles. The van der Waals surface area contributed by atoms with Gasteiger partial charge in [0, 0.05) is 18.7 Å². The van der Waals surface area contributed by atoms with E-state index in [1.807, 2.05) is 0 Å². The molecule has 0 spiro atoms. The molecule has 1 rings (SSSR count). The van der Waals surface area contributed by atoms with Crippen LogP contribution in [0.25, 0.3) is 0 Å². The fourth-order valence-electron chi connectivity index (χ4n) is 1.70. The molecule has 112 valence electrons. The molecule has 0 fully saturated rings. The molecule has 0 aliphatic rings. The summed E-state index contributed by atoms with van der Waals surface area (Å²) in [7, 11) is 0. The third-order valence-electron chi connectivity index (χ3n) is 2.84. The number of nitrogens with one attached hydrogen (secondary N) is 1. The summed E-state index contributed by atoms with van der Waals surface area (Å²) in [4.78, 5) is 11.7. The summed E-state index contributed by atoms with van der Waals surface area (Å²) >= 11 is 0. The van der Waals surface area contributed by atoms with Crippen LogP contribution in [0.2, 0.25) is 0 Å². The summed E-state index contributed by atoms with van der Waals surface area (Å²) in [6.45, 7) is 0.642. The number of rotatable bonds is 7. The number of benzene rings is 1. The Kier molecular flexibility index (Phi) is 6.51. The van der Waals surface area contributed by atoms with E-state index in [1.54, 1.807) is 0 Å². The topological polar surface area (TPSA) is 49.3 Å². The van der Waals surface area contributed by atoms with Crippen molar-refractivity contribution < 1.29 is 23.1 Å². The van der Waals surface area contributed by atoms with Gasteiger partial charge >= 0.3 is 6.18 Å². The standard InChI is InChI=1S/C14H18F3NO2/c15-14(16,17)12-7-5-11(6-8-12)13(20)18-9-3-1-2-4-10-19/h5-8,19H,1-4,9-10H2,(H,18,20). The highest BCUT2D eigenvalue weighted by Gasteiger charge is 2.30. The Labute approximate surface area is 115 Å². The minimum atomic E-state index is -4.39. The van der Waals surface area contributed by atoms with E-state index < -0.39 is 11.7 Å². The largest absolute Gasteiger partial charge is 0.416 e. The Balaban J connectivity index is 2.37. The fourth-order valence-corrected chi connectivity index (χ4v) is 1.70. The zero-order chi connectivity index (χ0) is 15.0. The first kappa shape index (κ1) is 16.5. The summed E-state index contributed by atoms with van der Waals surface area (Å²) in [5, 5.41) is 11.2. The van der Waals surface area contributed by atoms with Crippen molar-refractivity contribution >= 4 is 5.91 Å². The van der Waals surface area contributed by atoms with E-state index in [0.717, 1.165) is 37.8 Å². The predicted octanol–water partition coefficient (Wildman–Crippen LogP) is 2.99. The predicted molar refractivity (Wildman–Crippen MR) is 69.3 cm³/mol. The third kappa shape index (κ3) is 5.61. The van der Waals surface area contributed by atoms with Gasteiger partial charge in [0.1, 0.15) is 0 Å². The maximum absolute atomic E-state index is 12.4. The zero-order valence-corrected chi connectivity index (χ0v) is 11.0. The molecule has 0 bridgehead atoms. The van der Waals surface area contributed by atoms with Crippen molar-refractivity contribution in [2.75, 3.05) is 13.2 Å². The molecule has 1 aromatic carbocycles. The lowest BCUT2D eigenvalue weighted by Gasteiger charge is -2.08. The normalized spacial score (nSPS) is 11.4. The first-order valence-electron chi connectivity index (χ1n) is 6.51. The molecule has 1 aromatic rings. The maximum Gasteiger partial charge on any atom is 0.416 e. The average Bonchev–Trinajstić information content (AvgIpc) is 2.41. The van der Waals surface area contributed by atoms with Crippen LogP contribution in [-0.2, 0) is 6.18 Å². The molecule has 0 aromatic heterocycles. The lowest BCUT2D eigenvalue weighted by Crippen LogP contribution is -2.24. The lowest BCUT2D eigenvalue weighted by atomic mass is 10.1. The van der Waals surface area contributed by atoms with Gasteiger partial charge in [-0.05, 0) is 37.1 Å². The van der Waals surface area contributed by atoms with E-state index in [4.69, 9.17) is 5.11 Å². The van der Waals surface area contributed by atoms with Crippen molar-refractivity contribution in [3.05, 3.63) is 35.4 Å². The molecule has 0 saturated heterocycles. The number of carbonyl (C=O) groups excluding carboxylic acids is 1. The van der Waals surface area contributed by atoms with Crippen LogP contribution in [0.1, 0.15) is 41.6 Å². The minimum absolute atomic E-state index is 0.165. The van der Waals surface area contributed by atoms with Crippen LogP contribution in [0.5, 0.6) is 0 Å². The molecule has 0 atom stereocenters. The molecular formula is C14H18F3NO2. The van der Waals surface area contributed by atoms with E-state index in [-0.39, 0.29) is 18.1 Å². The number of carbonyl (C=O) groups is 1. The second kappa shape index (κ2) is 7.89. The third-order valence-corrected chi connectivity index (χ3v) is 2.84. The van der Waals surface area contributed by atoms with Crippen molar-refractivity contribution in [1.29, 1.82) is 0 Å². The number of hydrogen-bond acceptors (Lipinski definition) is 2. The second-order valence-electron chi connectivity index (χ2n) is 4.47. The van der Waals surface area contributed by atoms with Gasteiger partial charge in [-0.1, -0.05) is 12.8 Å². The highest BCUT2D eigenvalue weighted by atomic mass is 19.4. The van der Waals surface area contributed by atoms with Crippen LogP contribution in [-0.4, -0.2) is 24.2 Å². The Hall–Kier alpha value is -1.56. The molecule has 2 N–H and O–H groups in total. The average molecular weight is 289 g/mol. The smallest absolute Gasteiger partial charge is 0.396 e. The molecule has 0 saturated carbocycles. The van der Waals surface area contributed by atoms with Crippen LogP contribution < -0.4 is 5.32 Å². The summed E-state index contributed by atoms with van der Waals surface area (Å²) in [5.74, 6) is -0.374. The molecule has 0 radical (unpaired) electrons. The van der Waals surface area contributed by atoms with Gasteiger partial charge in [0.25, 0.3) is 5.91 Å². The Morgan fingerprint density at radius 2 is 1.65 bits per heavy atom. The van der Waals surface area contributed by atoms with Gasteiger partial charge in [0.15, 0.2) is 0 Å². The van der Waals surface area contributed by atoms with E-state index in [9.17, 15) is 18.0 Å². The molecule has 6 heteroatoms. The van der Waals surface area contributed by atoms with Crippen LogP contribution in [0.4, 0.5) is 13.2 Å². The van der Waals surface area contributed by atoms with E-state index in [1.165, 1.54) is 12.1 Å². The number of unbranched alkanes of at least 4 members (excludes halogenated alkanes) is 3. The number of hydrogen-bond donors (Lipinski definition) is 2. The van der Waals surface area contributed by atoms with Gasteiger partial charge < -0.3 is 10.4 Å². The van der Waals surface area contributed by atoms with Crippen molar-refractivity contribution in [3.8, 4) is 0 Å². The first-order valence-corrected chi connectivity index (χ1v) is 6.51. The molecule has 3 nitrogen and oxygen atoms in total. The van der Waals surface area contributed by atoms with Crippen molar-refractivity contribution in [2.45, 2.75) is 31.9 Å². The maximum atomic E-state index is 12.4. The van der Waals surface area contributed by atoms with Gasteiger partial charge in [-0.2, -0.15) is 13.2 Å². The Morgan fingerprint density at radius 3 is 2.20 bits per heavy atom. The van der Waals surface area contributed by atoms with Gasteiger partial charge in [0.2, 0.25) is 0 Å². The highest BCUT2D eigenvalue weighted by Crippen LogP contribution is 2.28. The zero-order valence-electron chi connectivity index (χ0n) is 11.0. The number of halogens is 3. The molecule has 1 amide bonds. The van der Waals surface area contributed by atoms with Gasteiger partial charge in [-0.3, -0.25) is 4.79 Å². The van der Waals surface area contributed by atoms with Crippen molar-refractivity contribution in [1.82, 2.24) is 5.32 Å². The van der Waals surface area contributed by atoms with Gasteiger partial charge in [-0.15, -0.1) is 0 Å². The number of alkyl halides is 3. The van der Waals surface area contributed by atoms with Crippen LogP contribution in [0.3, 0.4) is 0 Å². The second-order valence-corrected chi connectivity index (χ2v) is 4.47. The summed E-state index contributed by atoms with van der Waals surface area (Å²) < 4.78 is 37.1. The lowest BCUT2D eigenvalue weighted by molar-refractivity contribution is -0.137. The summed E-state index contributed by atoms with van der Waals surface area (Å²) in [5.41, 5.74) is -0.550. The van der Waals surface area contributed by atoms with Crippen LogP contribution >= 0.6 is 0 Å². The molecular weight excluding hydrogens is 271 g/mol. The van der Waals surface area contributed by atoms with Crippen LogP contribution in [0.15, 0.2) is 24.3 Å². The fraction of sp³-hybridized carbons (Fsp3) is 0.500. The minimum Gasteiger partial charge on any atom is -0.396 e. The monoisotopic (exact) mass is 289 g/mol. The van der Waals surface area contributed by atoms with Crippen molar-refractivity contribution in [3.63, 3.8) is 0 Å².